The zero-order valence-corrected chi connectivity index (χ0v) is 36.1. The lowest BCUT2D eigenvalue weighted by Crippen LogP contribution is -2.36. The number of rotatable bonds is 16. The predicted molar refractivity (Wildman–Crippen MR) is 212 cm³/mol. The van der Waals surface area contributed by atoms with Gasteiger partial charge in [-0.3, -0.25) is 55.9 Å². The zero-order valence-electron chi connectivity index (χ0n) is 33.4. The van der Waals surface area contributed by atoms with E-state index in [0.29, 0.717) is 0 Å². The highest BCUT2D eigenvalue weighted by atomic mass is 31.2. The van der Waals surface area contributed by atoms with Gasteiger partial charge in [0.05, 0.1) is 32.5 Å². The van der Waals surface area contributed by atoms with Gasteiger partial charge in [0.1, 0.15) is 66.9 Å². The Labute approximate surface area is 365 Å². The molecule has 0 amide bonds. The number of aliphatic hydroxyl groups excluding tert-OH is 3. The number of ether oxygens (including phenoxy) is 3. The summed E-state index contributed by atoms with van der Waals surface area (Å²) in [6, 6.07) is 0. The maximum atomic E-state index is 13.6. The van der Waals surface area contributed by atoms with Gasteiger partial charge in [-0.05, 0) is 6.92 Å². The van der Waals surface area contributed by atoms with E-state index in [9.17, 15) is 63.0 Å². The van der Waals surface area contributed by atoms with Gasteiger partial charge in [0.2, 0.25) is 5.95 Å². The summed E-state index contributed by atoms with van der Waals surface area (Å²) in [5, 5.41) is 32.9. The average molecular weight is 997 g/mol. The largest absolute Gasteiger partial charge is 0.472 e. The highest BCUT2D eigenvalue weighted by Gasteiger charge is 2.51. The Hall–Kier alpha value is -4.73. The molecule has 0 bridgehead atoms. The molecule has 13 N–H and O–H groups in total. The average Bonchev–Trinajstić information content (AvgIpc) is 4.06. The number of phosphoric acid groups is 3. The number of imidazole rings is 2. The summed E-state index contributed by atoms with van der Waals surface area (Å²) in [4.78, 5) is 102. The van der Waals surface area contributed by atoms with E-state index in [1.165, 1.54) is 6.92 Å². The first-order valence-electron chi connectivity index (χ1n) is 19.0. The Balaban J connectivity index is 0.978. The second-order valence-corrected chi connectivity index (χ2v) is 18.9. The van der Waals surface area contributed by atoms with Crippen molar-refractivity contribution in [3.8, 4) is 0 Å². The molecule has 3 aliphatic heterocycles. The minimum Gasteiger partial charge on any atom is -0.387 e. The van der Waals surface area contributed by atoms with Crippen LogP contribution in [0.3, 0.4) is 0 Å². The molecule has 0 spiro atoms. The molecular formula is C30H39N12O21P3. The summed E-state index contributed by atoms with van der Waals surface area (Å²) in [7, 11) is -15.9. The number of aromatic nitrogens is 10. The lowest BCUT2D eigenvalue weighted by molar-refractivity contribution is -0.0622. The van der Waals surface area contributed by atoms with Crippen LogP contribution in [0.25, 0.3) is 22.3 Å². The van der Waals surface area contributed by atoms with Gasteiger partial charge in [-0.1, -0.05) is 0 Å². The molecule has 5 aromatic rings. The van der Waals surface area contributed by atoms with Crippen LogP contribution in [-0.2, 0) is 50.5 Å². The van der Waals surface area contributed by atoms with Gasteiger partial charge in [0.25, 0.3) is 11.1 Å². The smallest absolute Gasteiger partial charge is 0.387 e. The standard InChI is InChI=1S/C30H39N12O21P3/c1-10-3-40(30(48)39-25(10)46)15-2-11(62-65(52,53)58-5-13-18(43)19(44)27(60-13)42-9-36-17-24(42)37-29(32)38-26(17)47)12(59-15)4-57-66(54,55)63-21-14(6-56-64(49,50)51)61-28(20(21)45)41-8-35-16-22(31)33-7-34-23(16)41/h3,7-9,11-15,18-21,27-28,43-45H,2,4-6H2,1H3,(H,52,53)(H,54,55)(H2,31,33,34)(H,39,46,48)(H2,49,50,51)(H3,32,37,38,47)/t11-,12+,13+,14+,15+,18+,19+,20+,21+,27+,28+/m0/s1. The van der Waals surface area contributed by atoms with E-state index >= 15 is 0 Å². The van der Waals surface area contributed by atoms with Gasteiger partial charge in [-0.25, -0.2) is 38.4 Å². The summed E-state index contributed by atoms with van der Waals surface area (Å²) in [5.41, 5.74) is 8.86. The second kappa shape index (κ2) is 18.1. The Morgan fingerprint density at radius 2 is 1.35 bits per heavy atom. The monoisotopic (exact) mass is 996 g/mol. The fourth-order valence-corrected chi connectivity index (χ4v) is 9.59. The van der Waals surface area contributed by atoms with Crippen molar-refractivity contribution in [2.24, 2.45) is 0 Å². The van der Waals surface area contributed by atoms with E-state index in [4.69, 9.17) is 43.8 Å². The molecule has 0 saturated carbocycles. The lowest BCUT2D eigenvalue weighted by Gasteiger charge is -2.25. The zero-order chi connectivity index (χ0) is 47.6. The van der Waals surface area contributed by atoms with Crippen molar-refractivity contribution in [3.63, 3.8) is 0 Å². The number of nitrogens with zero attached hydrogens (tertiary/aromatic N) is 8. The van der Waals surface area contributed by atoms with Crippen LogP contribution in [0.5, 0.6) is 0 Å². The minimum absolute atomic E-state index is 0.0190. The number of aromatic amines is 2. The molecule has 0 aliphatic carbocycles. The van der Waals surface area contributed by atoms with E-state index in [1.54, 1.807) is 0 Å². The lowest BCUT2D eigenvalue weighted by atomic mass is 10.1. The van der Waals surface area contributed by atoms with Crippen molar-refractivity contribution in [2.45, 2.75) is 80.9 Å². The van der Waals surface area contributed by atoms with Gasteiger partial charge in [-0.15, -0.1) is 0 Å². The molecule has 13 atom stereocenters. The molecule has 33 nitrogen and oxygen atoms in total. The molecule has 0 radical (unpaired) electrons. The number of nitrogens with one attached hydrogen (secondary N) is 2. The highest BCUT2D eigenvalue weighted by Crippen LogP contribution is 2.52. The Morgan fingerprint density at radius 3 is 2.06 bits per heavy atom. The number of hydrogen-bond acceptors (Lipinski definition) is 24. The van der Waals surface area contributed by atoms with Gasteiger partial charge < -0.3 is 60.6 Å². The van der Waals surface area contributed by atoms with E-state index in [1.807, 2.05) is 0 Å². The number of nitrogen functional groups attached to an aromatic ring is 2. The second-order valence-electron chi connectivity index (χ2n) is 14.8. The highest BCUT2D eigenvalue weighted by molar-refractivity contribution is 7.47. The molecule has 3 saturated heterocycles. The van der Waals surface area contributed by atoms with Crippen LogP contribution in [0, 0.1) is 6.92 Å². The number of H-pyrrole nitrogens is 2. The Morgan fingerprint density at radius 1 is 0.727 bits per heavy atom. The van der Waals surface area contributed by atoms with E-state index < -0.39 is 134 Å². The summed E-state index contributed by atoms with van der Waals surface area (Å²) >= 11 is 0. The van der Waals surface area contributed by atoms with Crippen LogP contribution < -0.4 is 28.3 Å². The third-order valence-electron chi connectivity index (χ3n) is 10.4. The molecule has 2 unspecified atom stereocenters. The van der Waals surface area contributed by atoms with Gasteiger partial charge >= 0.3 is 29.2 Å². The number of fused-ring (bicyclic) bond motifs is 2. The SMILES string of the molecule is Cc1cn([C@H]2C[C@H](OP(=O)(O)OC[C@H]3O[C@@H](n4cnc5c(=O)[nH]c(N)nc54)[C@H](O)[C@@H]3O)[C@@H](COP(=O)(O)O[C@H]3[C@@H](O)[C@H](n4cnc5c(N)ncnc54)O[C@@H]3COP(=O)(O)O)O2)c(=O)[nH]c1=O. The molecule has 360 valence electrons. The first-order chi connectivity index (χ1) is 31.0. The quantitative estimate of drug-likeness (QED) is 0.0423. The van der Waals surface area contributed by atoms with Crippen LogP contribution in [-0.4, -0.2) is 152 Å². The fraction of sp³-hybridized carbons (Fsp3) is 0.533. The van der Waals surface area contributed by atoms with E-state index in [-0.39, 0.29) is 39.7 Å². The summed E-state index contributed by atoms with van der Waals surface area (Å²) in [6.07, 6.45) is -14.4. The Bertz CT molecular complexity index is 2960. The number of hydrogen-bond donors (Lipinski definition) is 11. The van der Waals surface area contributed by atoms with Crippen LogP contribution in [0.1, 0.15) is 30.7 Å². The van der Waals surface area contributed by atoms with Gasteiger partial charge in [0.15, 0.2) is 35.1 Å². The van der Waals surface area contributed by atoms with Crippen molar-refractivity contribution in [3.05, 3.63) is 61.9 Å². The van der Waals surface area contributed by atoms with Crippen LogP contribution in [0.4, 0.5) is 11.8 Å². The van der Waals surface area contributed by atoms with Crippen LogP contribution in [0.2, 0.25) is 0 Å². The molecule has 0 aromatic carbocycles. The summed E-state index contributed by atoms with van der Waals surface area (Å²) in [6.45, 7) is -1.61. The van der Waals surface area contributed by atoms with Crippen molar-refractivity contribution in [2.75, 3.05) is 31.3 Å². The molecule has 66 heavy (non-hydrogen) atoms. The van der Waals surface area contributed by atoms with Gasteiger partial charge in [0, 0.05) is 18.2 Å². The van der Waals surface area contributed by atoms with Crippen LogP contribution in [0.15, 0.2) is 39.6 Å². The molecule has 36 heteroatoms. The number of anilines is 2. The van der Waals surface area contributed by atoms with Gasteiger partial charge in [-0.2, -0.15) is 4.98 Å². The number of aryl methyl sites for hydroxylation is 1. The predicted octanol–water partition coefficient (Wildman–Crippen LogP) is -3.74. The number of aliphatic hydroxyl groups is 3. The topological polar surface area (TPSA) is 481 Å². The maximum absolute atomic E-state index is 13.6. The van der Waals surface area contributed by atoms with Crippen molar-refractivity contribution >= 4 is 57.6 Å². The normalized spacial score (nSPS) is 30.0. The van der Waals surface area contributed by atoms with Crippen molar-refractivity contribution in [1.82, 2.24) is 48.6 Å². The third-order valence-corrected chi connectivity index (χ3v) is 12.9. The Kier molecular flexibility index (Phi) is 13.1. The first-order valence-corrected chi connectivity index (χ1v) is 23.5. The van der Waals surface area contributed by atoms with E-state index in [2.05, 4.69) is 39.4 Å². The fourth-order valence-electron chi connectivity index (χ4n) is 7.32. The minimum atomic E-state index is -5.45. The van der Waals surface area contributed by atoms with E-state index in [0.717, 1.165) is 38.9 Å². The first kappa shape index (κ1) is 47.8. The number of nitrogens with two attached hydrogens (primary N) is 2. The molecule has 3 aliphatic rings. The van der Waals surface area contributed by atoms with Crippen LogP contribution >= 0.6 is 23.5 Å². The molecule has 5 aromatic heterocycles. The summed E-state index contributed by atoms with van der Waals surface area (Å²) in [5.74, 6) is -0.354. The number of phosphoric ester groups is 3. The molecule has 8 heterocycles. The van der Waals surface area contributed by atoms with Crippen molar-refractivity contribution < 1.29 is 85.4 Å². The van der Waals surface area contributed by atoms with Crippen molar-refractivity contribution in [1.29, 1.82) is 0 Å². The molecule has 8 rings (SSSR count). The molecular weight excluding hydrogens is 957 g/mol. The summed E-state index contributed by atoms with van der Waals surface area (Å²) < 4.78 is 84.5. The maximum Gasteiger partial charge on any atom is 0.472 e. The third kappa shape index (κ3) is 9.80. The molecule has 3 fully saturated rings.